The van der Waals surface area contributed by atoms with Crippen molar-refractivity contribution in [2.45, 2.75) is 19.9 Å². The summed E-state index contributed by atoms with van der Waals surface area (Å²) in [5, 5.41) is 5.06. The molecule has 0 saturated carbocycles. The fourth-order valence-electron chi connectivity index (χ4n) is 2.54. The number of methoxy groups -OCH3 is 2. The van der Waals surface area contributed by atoms with Gasteiger partial charge < -0.3 is 20.1 Å². The highest BCUT2D eigenvalue weighted by molar-refractivity contribution is 6.01. The highest BCUT2D eigenvalue weighted by atomic mass is 19.1. The zero-order valence-electron chi connectivity index (χ0n) is 16.0. The molecule has 8 heteroatoms. The summed E-state index contributed by atoms with van der Waals surface area (Å²) in [6.45, 7) is 3.48. The SMILES string of the molecule is COc1cc(OC)cc(C(=O)NC(C(=O)Nc2cc(F)cc(F)c2)C(C)C)c1. The van der Waals surface area contributed by atoms with Gasteiger partial charge in [0.1, 0.15) is 29.2 Å². The molecule has 0 aliphatic heterocycles. The van der Waals surface area contributed by atoms with Gasteiger partial charge in [-0.1, -0.05) is 13.8 Å². The Bertz CT molecular complexity index is 829. The molecular formula is C20H22F2N2O4. The number of hydrogen-bond donors (Lipinski definition) is 2. The lowest BCUT2D eigenvalue weighted by Crippen LogP contribution is -2.47. The molecule has 0 aliphatic carbocycles. The summed E-state index contributed by atoms with van der Waals surface area (Å²) in [5.41, 5.74) is 0.205. The van der Waals surface area contributed by atoms with E-state index in [2.05, 4.69) is 10.6 Å². The van der Waals surface area contributed by atoms with Crippen LogP contribution in [-0.4, -0.2) is 32.1 Å². The number of hydrogen-bond acceptors (Lipinski definition) is 4. The average Bonchev–Trinajstić information content (AvgIpc) is 2.64. The van der Waals surface area contributed by atoms with Crippen LogP contribution in [0.25, 0.3) is 0 Å². The maximum absolute atomic E-state index is 13.3. The number of carbonyl (C=O) groups excluding carboxylic acids is 2. The maximum atomic E-state index is 13.3. The standard InChI is InChI=1S/C20H22F2N2O4/c1-11(2)18(20(26)23-15-8-13(21)7-14(22)9-15)24-19(25)12-5-16(27-3)10-17(6-12)28-4/h5-11,18H,1-4H3,(H,23,26)(H,24,25). The van der Waals surface area contributed by atoms with Gasteiger partial charge in [-0.2, -0.15) is 0 Å². The number of rotatable bonds is 7. The third-order valence-electron chi connectivity index (χ3n) is 3.98. The monoisotopic (exact) mass is 392 g/mol. The van der Waals surface area contributed by atoms with E-state index in [9.17, 15) is 18.4 Å². The minimum Gasteiger partial charge on any atom is -0.497 e. The molecule has 0 fully saturated rings. The predicted octanol–water partition coefficient (Wildman–Crippen LogP) is 3.38. The number of amides is 2. The van der Waals surface area contributed by atoms with Gasteiger partial charge in [-0.05, 0) is 30.2 Å². The Balaban J connectivity index is 2.20. The summed E-state index contributed by atoms with van der Waals surface area (Å²) in [4.78, 5) is 25.2. The quantitative estimate of drug-likeness (QED) is 0.758. The van der Waals surface area contributed by atoms with Crippen LogP contribution in [0.2, 0.25) is 0 Å². The van der Waals surface area contributed by atoms with Crippen LogP contribution in [0.1, 0.15) is 24.2 Å². The molecule has 2 amide bonds. The Kier molecular flexibility index (Phi) is 6.92. The topological polar surface area (TPSA) is 76.7 Å². The molecule has 0 heterocycles. The maximum Gasteiger partial charge on any atom is 0.252 e. The van der Waals surface area contributed by atoms with Gasteiger partial charge in [0, 0.05) is 23.4 Å². The van der Waals surface area contributed by atoms with E-state index in [-0.39, 0.29) is 17.2 Å². The fourth-order valence-corrected chi connectivity index (χ4v) is 2.54. The van der Waals surface area contributed by atoms with Gasteiger partial charge in [0.15, 0.2) is 0 Å². The molecular weight excluding hydrogens is 370 g/mol. The summed E-state index contributed by atoms with van der Waals surface area (Å²) in [6.07, 6.45) is 0. The Morgan fingerprint density at radius 2 is 1.43 bits per heavy atom. The fraction of sp³-hybridized carbons (Fsp3) is 0.300. The molecule has 0 aliphatic rings. The lowest BCUT2D eigenvalue weighted by molar-refractivity contribution is -0.118. The number of ether oxygens (including phenoxy) is 2. The van der Waals surface area contributed by atoms with E-state index in [0.29, 0.717) is 17.6 Å². The van der Waals surface area contributed by atoms with Crippen LogP contribution in [0.3, 0.4) is 0 Å². The Labute approximate surface area is 161 Å². The number of nitrogens with one attached hydrogen (secondary N) is 2. The van der Waals surface area contributed by atoms with Gasteiger partial charge in [-0.25, -0.2) is 8.78 Å². The van der Waals surface area contributed by atoms with Crippen LogP contribution in [-0.2, 0) is 4.79 Å². The van der Waals surface area contributed by atoms with Crippen molar-refractivity contribution in [1.29, 1.82) is 0 Å². The van der Waals surface area contributed by atoms with Crippen molar-refractivity contribution in [3.05, 3.63) is 53.6 Å². The van der Waals surface area contributed by atoms with Gasteiger partial charge >= 0.3 is 0 Å². The van der Waals surface area contributed by atoms with Crippen LogP contribution in [0.4, 0.5) is 14.5 Å². The van der Waals surface area contributed by atoms with Gasteiger partial charge in [0.2, 0.25) is 5.91 Å². The third kappa shape index (κ3) is 5.42. The molecule has 28 heavy (non-hydrogen) atoms. The van der Waals surface area contributed by atoms with Crippen molar-refractivity contribution in [3.63, 3.8) is 0 Å². The number of anilines is 1. The summed E-state index contributed by atoms with van der Waals surface area (Å²) in [6, 6.07) is 6.39. The van der Waals surface area contributed by atoms with Crippen LogP contribution in [0, 0.1) is 17.6 Å². The normalized spacial score (nSPS) is 11.7. The zero-order chi connectivity index (χ0) is 20.8. The molecule has 1 atom stereocenters. The van der Waals surface area contributed by atoms with Gasteiger partial charge in [0.25, 0.3) is 5.91 Å². The van der Waals surface area contributed by atoms with E-state index in [1.807, 2.05) is 0 Å². The van der Waals surface area contributed by atoms with Crippen molar-refractivity contribution in [3.8, 4) is 11.5 Å². The van der Waals surface area contributed by atoms with E-state index in [4.69, 9.17) is 9.47 Å². The zero-order valence-corrected chi connectivity index (χ0v) is 16.0. The molecule has 0 spiro atoms. The van der Waals surface area contributed by atoms with Gasteiger partial charge in [0.05, 0.1) is 14.2 Å². The molecule has 0 bridgehead atoms. The third-order valence-corrected chi connectivity index (χ3v) is 3.98. The summed E-state index contributed by atoms with van der Waals surface area (Å²) >= 11 is 0. The Morgan fingerprint density at radius 1 is 0.893 bits per heavy atom. The predicted molar refractivity (Wildman–Crippen MR) is 101 cm³/mol. The second kappa shape index (κ2) is 9.16. The van der Waals surface area contributed by atoms with Crippen LogP contribution in [0.5, 0.6) is 11.5 Å². The number of benzene rings is 2. The molecule has 2 N–H and O–H groups in total. The second-order valence-corrected chi connectivity index (χ2v) is 6.44. The first-order valence-electron chi connectivity index (χ1n) is 8.54. The van der Waals surface area contributed by atoms with Crippen LogP contribution < -0.4 is 20.1 Å². The average molecular weight is 392 g/mol. The number of carbonyl (C=O) groups is 2. The number of halogens is 2. The molecule has 0 radical (unpaired) electrons. The van der Waals surface area contributed by atoms with E-state index in [0.717, 1.165) is 12.1 Å². The minimum absolute atomic E-state index is 0.0366. The molecule has 2 aromatic carbocycles. The molecule has 0 saturated heterocycles. The lowest BCUT2D eigenvalue weighted by atomic mass is 10.0. The summed E-state index contributed by atoms with van der Waals surface area (Å²) < 4.78 is 36.9. The van der Waals surface area contributed by atoms with Gasteiger partial charge in [-0.15, -0.1) is 0 Å². The van der Waals surface area contributed by atoms with Crippen molar-refractivity contribution >= 4 is 17.5 Å². The van der Waals surface area contributed by atoms with Crippen LogP contribution >= 0.6 is 0 Å². The second-order valence-electron chi connectivity index (χ2n) is 6.44. The first-order valence-corrected chi connectivity index (χ1v) is 8.54. The summed E-state index contributed by atoms with van der Waals surface area (Å²) in [7, 11) is 2.91. The minimum atomic E-state index is -0.934. The largest absolute Gasteiger partial charge is 0.497 e. The van der Waals surface area contributed by atoms with Crippen molar-refractivity contribution in [2.75, 3.05) is 19.5 Å². The van der Waals surface area contributed by atoms with Crippen molar-refractivity contribution in [2.24, 2.45) is 5.92 Å². The van der Waals surface area contributed by atoms with E-state index in [1.54, 1.807) is 19.9 Å². The van der Waals surface area contributed by atoms with E-state index in [1.165, 1.54) is 26.4 Å². The lowest BCUT2D eigenvalue weighted by Gasteiger charge is -2.22. The molecule has 0 aromatic heterocycles. The highest BCUT2D eigenvalue weighted by Crippen LogP contribution is 2.23. The molecule has 6 nitrogen and oxygen atoms in total. The first kappa shape index (κ1) is 21.1. The van der Waals surface area contributed by atoms with Crippen molar-refractivity contribution < 1.29 is 27.8 Å². The van der Waals surface area contributed by atoms with Crippen LogP contribution in [0.15, 0.2) is 36.4 Å². The highest BCUT2D eigenvalue weighted by Gasteiger charge is 2.25. The van der Waals surface area contributed by atoms with E-state index >= 15 is 0 Å². The van der Waals surface area contributed by atoms with Gasteiger partial charge in [-0.3, -0.25) is 9.59 Å². The first-order chi connectivity index (χ1) is 13.2. The van der Waals surface area contributed by atoms with Crippen molar-refractivity contribution in [1.82, 2.24) is 5.32 Å². The molecule has 2 aromatic rings. The summed E-state index contributed by atoms with van der Waals surface area (Å²) in [5.74, 6) is -2.18. The van der Waals surface area contributed by atoms with E-state index < -0.39 is 29.5 Å². The molecule has 1 unspecified atom stereocenters. The molecule has 2 rings (SSSR count). The molecule has 150 valence electrons. The Hall–Kier alpha value is -3.16. The Morgan fingerprint density at radius 3 is 1.89 bits per heavy atom. The smallest absolute Gasteiger partial charge is 0.252 e.